The standard InChI is InChI=1S/C19H21N3O4S/c1-25-16-8-13-7-12(19(24)22-15(13)9-17(16)26-2)3-4-18(23)20-6-5-14-10-27-11-21-14/h7-11H,3-6H2,1-2H3,(H,20,23)(H,22,24). The van der Waals surface area contributed by atoms with E-state index in [0.29, 0.717) is 42.0 Å². The Morgan fingerprint density at radius 2 is 1.96 bits per heavy atom. The van der Waals surface area contributed by atoms with Gasteiger partial charge < -0.3 is 19.8 Å². The van der Waals surface area contributed by atoms with Crippen LogP contribution in [0, 0.1) is 0 Å². The summed E-state index contributed by atoms with van der Waals surface area (Å²) in [6, 6.07) is 5.32. The topological polar surface area (TPSA) is 93.3 Å². The first-order valence-corrected chi connectivity index (χ1v) is 9.46. The number of amides is 1. The molecule has 0 spiro atoms. The Kier molecular flexibility index (Phi) is 6.08. The van der Waals surface area contributed by atoms with Gasteiger partial charge in [-0.1, -0.05) is 0 Å². The van der Waals surface area contributed by atoms with Gasteiger partial charge in [0.25, 0.3) is 5.56 Å². The Morgan fingerprint density at radius 1 is 1.19 bits per heavy atom. The van der Waals surface area contributed by atoms with Crippen molar-refractivity contribution in [3.05, 3.63) is 50.7 Å². The molecule has 142 valence electrons. The van der Waals surface area contributed by atoms with Crippen LogP contribution in [0.15, 0.2) is 33.9 Å². The summed E-state index contributed by atoms with van der Waals surface area (Å²) in [4.78, 5) is 31.3. The molecule has 0 aliphatic rings. The van der Waals surface area contributed by atoms with Crippen LogP contribution in [0.25, 0.3) is 10.9 Å². The molecule has 0 aliphatic heterocycles. The number of aromatic amines is 1. The molecule has 7 nitrogen and oxygen atoms in total. The van der Waals surface area contributed by atoms with Crippen molar-refractivity contribution in [3.8, 4) is 11.5 Å². The van der Waals surface area contributed by atoms with E-state index in [1.807, 2.05) is 11.4 Å². The summed E-state index contributed by atoms with van der Waals surface area (Å²) < 4.78 is 10.6. The zero-order valence-corrected chi connectivity index (χ0v) is 16.0. The number of carbonyl (C=O) groups excluding carboxylic acids is 1. The van der Waals surface area contributed by atoms with Gasteiger partial charge in [-0.3, -0.25) is 9.59 Å². The van der Waals surface area contributed by atoms with E-state index in [1.165, 1.54) is 11.3 Å². The maximum atomic E-state index is 12.3. The Hall–Kier alpha value is -2.87. The average Bonchev–Trinajstić information content (AvgIpc) is 3.18. The molecule has 1 aromatic carbocycles. The molecule has 0 unspecified atom stereocenters. The van der Waals surface area contributed by atoms with Crippen molar-refractivity contribution >= 4 is 28.1 Å². The number of carbonyl (C=O) groups is 1. The van der Waals surface area contributed by atoms with Gasteiger partial charge in [-0.05, 0) is 18.6 Å². The normalized spacial score (nSPS) is 10.7. The smallest absolute Gasteiger partial charge is 0.251 e. The number of aryl methyl sites for hydroxylation is 1. The second kappa shape index (κ2) is 8.68. The Bertz CT molecular complexity index is 983. The van der Waals surface area contributed by atoms with E-state index in [9.17, 15) is 9.59 Å². The van der Waals surface area contributed by atoms with Crippen LogP contribution in [0.3, 0.4) is 0 Å². The van der Waals surface area contributed by atoms with Crippen LogP contribution in [0.1, 0.15) is 17.7 Å². The van der Waals surface area contributed by atoms with Gasteiger partial charge in [0.05, 0.1) is 30.9 Å². The lowest BCUT2D eigenvalue weighted by Gasteiger charge is -2.10. The zero-order valence-electron chi connectivity index (χ0n) is 15.2. The summed E-state index contributed by atoms with van der Waals surface area (Å²) in [7, 11) is 3.11. The van der Waals surface area contributed by atoms with Gasteiger partial charge >= 0.3 is 0 Å². The molecule has 0 saturated heterocycles. The third kappa shape index (κ3) is 4.65. The predicted octanol–water partition coefficient (Wildman–Crippen LogP) is 2.29. The first-order valence-electron chi connectivity index (χ1n) is 8.52. The van der Waals surface area contributed by atoms with Crippen LogP contribution >= 0.6 is 11.3 Å². The molecule has 8 heteroatoms. The molecule has 0 saturated carbocycles. The highest BCUT2D eigenvalue weighted by Gasteiger charge is 2.10. The first kappa shape index (κ1) is 18.9. The Morgan fingerprint density at radius 3 is 2.67 bits per heavy atom. The van der Waals surface area contributed by atoms with Crippen LogP contribution in [0.4, 0.5) is 0 Å². The summed E-state index contributed by atoms with van der Waals surface area (Å²) in [5.41, 5.74) is 3.76. The maximum absolute atomic E-state index is 12.3. The number of benzene rings is 1. The first-order chi connectivity index (χ1) is 13.1. The van der Waals surface area contributed by atoms with E-state index in [-0.39, 0.29) is 17.9 Å². The molecule has 0 radical (unpaired) electrons. The SMILES string of the molecule is COc1cc2cc(CCC(=O)NCCc3cscn3)c(=O)[nH]c2cc1OC. The zero-order chi connectivity index (χ0) is 19.2. The third-order valence-corrected chi connectivity index (χ3v) is 4.87. The molecule has 0 atom stereocenters. The number of methoxy groups -OCH3 is 2. The maximum Gasteiger partial charge on any atom is 0.251 e. The number of H-pyrrole nitrogens is 1. The summed E-state index contributed by atoms with van der Waals surface area (Å²) in [6.45, 7) is 0.535. The second-order valence-corrected chi connectivity index (χ2v) is 6.72. The van der Waals surface area contributed by atoms with Crippen LogP contribution in [0.5, 0.6) is 11.5 Å². The molecule has 0 aliphatic carbocycles. The molecule has 3 rings (SSSR count). The van der Waals surface area contributed by atoms with E-state index in [2.05, 4.69) is 15.3 Å². The minimum absolute atomic E-state index is 0.0861. The highest BCUT2D eigenvalue weighted by atomic mass is 32.1. The summed E-state index contributed by atoms with van der Waals surface area (Å²) >= 11 is 1.53. The van der Waals surface area contributed by atoms with Crippen molar-refractivity contribution in [3.63, 3.8) is 0 Å². The number of pyridine rings is 1. The molecule has 27 heavy (non-hydrogen) atoms. The highest BCUT2D eigenvalue weighted by Crippen LogP contribution is 2.31. The molecule has 2 heterocycles. The fourth-order valence-electron chi connectivity index (χ4n) is 2.79. The fourth-order valence-corrected chi connectivity index (χ4v) is 3.38. The van der Waals surface area contributed by atoms with Crippen molar-refractivity contribution < 1.29 is 14.3 Å². The number of ether oxygens (including phenoxy) is 2. The third-order valence-electron chi connectivity index (χ3n) is 4.23. The number of hydrogen-bond donors (Lipinski definition) is 2. The lowest BCUT2D eigenvalue weighted by atomic mass is 10.1. The highest BCUT2D eigenvalue weighted by molar-refractivity contribution is 7.07. The molecular formula is C19H21N3O4S. The van der Waals surface area contributed by atoms with Crippen molar-refractivity contribution in [1.29, 1.82) is 0 Å². The molecule has 2 N–H and O–H groups in total. The number of nitrogens with zero attached hydrogens (tertiary/aromatic N) is 1. The number of hydrogen-bond acceptors (Lipinski definition) is 6. The quantitative estimate of drug-likeness (QED) is 0.619. The van der Waals surface area contributed by atoms with Crippen LogP contribution in [-0.4, -0.2) is 36.6 Å². The molecule has 2 aromatic heterocycles. The van der Waals surface area contributed by atoms with Crippen molar-refractivity contribution in [2.24, 2.45) is 0 Å². The minimum atomic E-state index is -0.204. The van der Waals surface area contributed by atoms with Crippen molar-refractivity contribution in [1.82, 2.24) is 15.3 Å². The van der Waals surface area contributed by atoms with Crippen LogP contribution in [-0.2, 0) is 17.6 Å². The lowest BCUT2D eigenvalue weighted by Crippen LogP contribution is -2.26. The van der Waals surface area contributed by atoms with E-state index in [0.717, 1.165) is 11.1 Å². The second-order valence-electron chi connectivity index (χ2n) is 6.00. The van der Waals surface area contributed by atoms with Gasteiger partial charge in [0.2, 0.25) is 5.91 Å². The van der Waals surface area contributed by atoms with E-state index in [1.54, 1.807) is 31.9 Å². The van der Waals surface area contributed by atoms with E-state index in [4.69, 9.17) is 9.47 Å². The van der Waals surface area contributed by atoms with E-state index >= 15 is 0 Å². The lowest BCUT2D eigenvalue weighted by molar-refractivity contribution is -0.121. The largest absolute Gasteiger partial charge is 0.493 e. The molecular weight excluding hydrogens is 366 g/mol. The van der Waals surface area contributed by atoms with Gasteiger partial charge in [0.1, 0.15) is 0 Å². The minimum Gasteiger partial charge on any atom is -0.493 e. The average molecular weight is 387 g/mol. The monoisotopic (exact) mass is 387 g/mol. The number of fused-ring (bicyclic) bond motifs is 1. The number of thiazole rings is 1. The summed E-state index contributed by atoms with van der Waals surface area (Å²) in [6.07, 6.45) is 1.31. The van der Waals surface area contributed by atoms with Crippen molar-refractivity contribution in [2.45, 2.75) is 19.3 Å². The van der Waals surface area contributed by atoms with Crippen LogP contribution in [0.2, 0.25) is 0 Å². The molecule has 0 fully saturated rings. The van der Waals surface area contributed by atoms with Gasteiger partial charge in [-0.15, -0.1) is 11.3 Å². The van der Waals surface area contributed by atoms with Gasteiger partial charge in [-0.25, -0.2) is 4.98 Å². The number of rotatable bonds is 8. The Labute approximate surface area is 160 Å². The van der Waals surface area contributed by atoms with Gasteiger partial charge in [0, 0.05) is 41.8 Å². The number of aromatic nitrogens is 2. The number of nitrogens with one attached hydrogen (secondary N) is 2. The van der Waals surface area contributed by atoms with Crippen molar-refractivity contribution in [2.75, 3.05) is 20.8 Å². The fraction of sp³-hybridized carbons (Fsp3) is 0.316. The molecule has 0 bridgehead atoms. The molecule has 1 amide bonds. The predicted molar refractivity (Wildman–Crippen MR) is 105 cm³/mol. The summed E-state index contributed by atoms with van der Waals surface area (Å²) in [5, 5.41) is 5.65. The van der Waals surface area contributed by atoms with E-state index < -0.39 is 0 Å². The Balaban J connectivity index is 1.64. The van der Waals surface area contributed by atoms with Gasteiger partial charge in [-0.2, -0.15) is 0 Å². The van der Waals surface area contributed by atoms with Gasteiger partial charge in [0.15, 0.2) is 11.5 Å². The molecule has 3 aromatic rings. The van der Waals surface area contributed by atoms with Crippen LogP contribution < -0.4 is 20.3 Å². The summed E-state index contributed by atoms with van der Waals surface area (Å²) in [5.74, 6) is 1.05.